The van der Waals surface area contributed by atoms with Crippen molar-refractivity contribution in [1.82, 2.24) is 19.6 Å². The zero-order valence-electron chi connectivity index (χ0n) is 14.8. The number of pyridine rings is 1. The standard InChI is InChI=1S/C18H16BrN5O3S/c1-23(18-14-4-2-3-5-15(14)28(26,27)22-18)11-17(25)20-8-13-10-24-9-12(19)6-7-16(24)21-13/h2-7,9-10H,8,11H2,1H3,(H,20,25). The van der Waals surface area contributed by atoms with Crippen LogP contribution in [0.3, 0.4) is 0 Å². The molecular weight excluding hydrogens is 446 g/mol. The van der Waals surface area contributed by atoms with Crippen LogP contribution in [0.2, 0.25) is 0 Å². The van der Waals surface area contributed by atoms with Crippen molar-refractivity contribution >= 4 is 43.3 Å². The summed E-state index contributed by atoms with van der Waals surface area (Å²) in [6, 6.07) is 10.4. The summed E-state index contributed by atoms with van der Waals surface area (Å²) in [5, 5.41) is 2.80. The lowest BCUT2D eigenvalue weighted by atomic mass is 10.2. The Labute approximate surface area is 170 Å². The lowest BCUT2D eigenvalue weighted by Gasteiger charge is -2.18. The number of hydrogen-bond donors (Lipinski definition) is 1. The van der Waals surface area contributed by atoms with Crippen LogP contribution in [-0.4, -0.2) is 48.0 Å². The van der Waals surface area contributed by atoms with Gasteiger partial charge in [0.1, 0.15) is 10.5 Å². The van der Waals surface area contributed by atoms with E-state index in [0.717, 1.165) is 15.8 Å². The molecule has 0 unspecified atom stereocenters. The lowest BCUT2D eigenvalue weighted by molar-refractivity contribution is -0.121. The van der Waals surface area contributed by atoms with Gasteiger partial charge in [-0.2, -0.15) is 8.42 Å². The summed E-state index contributed by atoms with van der Waals surface area (Å²) in [6.45, 7) is 0.245. The molecule has 2 aromatic heterocycles. The third kappa shape index (κ3) is 3.52. The molecule has 0 spiro atoms. The first kappa shape index (κ1) is 18.6. The largest absolute Gasteiger partial charge is 0.349 e. The van der Waals surface area contributed by atoms with Gasteiger partial charge in [0.15, 0.2) is 5.84 Å². The molecule has 0 fully saturated rings. The molecule has 10 heteroatoms. The Morgan fingerprint density at radius 2 is 2.00 bits per heavy atom. The highest BCUT2D eigenvalue weighted by atomic mass is 79.9. The summed E-state index contributed by atoms with van der Waals surface area (Å²) in [5.41, 5.74) is 2.01. The fourth-order valence-corrected chi connectivity index (χ4v) is 4.61. The summed E-state index contributed by atoms with van der Waals surface area (Å²) in [6.07, 6.45) is 3.73. The van der Waals surface area contributed by atoms with Gasteiger partial charge in [0, 0.05) is 29.5 Å². The van der Waals surface area contributed by atoms with E-state index in [4.69, 9.17) is 0 Å². The highest BCUT2D eigenvalue weighted by Crippen LogP contribution is 2.26. The molecule has 4 rings (SSSR count). The summed E-state index contributed by atoms with van der Waals surface area (Å²) in [7, 11) is -2.07. The molecule has 3 aromatic rings. The maximum atomic E-state index is 12.3. The number of rotatable bonds is 4. The second-order valence-electron chi connectivity index (χ2n) is 6.36. The van der Waals surface area contributed by atoms with Crippen LogP contribution in [0.5, 0.6) is 0 Å². The maximum Gasteiger partial charge on any atom is 0.285 e. The number of nitrogens with zero attached hydrogens (tertiary/aromatic N) is 4. The van der Waals surface area contributed by atoms with Crippen LogP contribution in [-0.2, 0) is 21.4 Å². The van der Waals surface area contributed by atoms with E-state index in [2.05, 4.69) is 30.6 Å². The van der Waals surface area contributed by atoms with Crippen LogP contribution in [0.25, 0.3) is 5.65 Å². The van der Waals surface area contributed by atoms with Gasteiger partial charge in [-0.25, -0.2) is 4.98 Å². The molecule has 0 aliphatic carbocycles. The smallest absolute Gasteiger partial charge is 0.285 e. The van der Waals surface area contributed by atoms with E-state index in [1.165, 1.54) is 11.0 Å². The van der Waals surface area contributed by atoms with Crippen LogP contribution < -0.4 is 5.32 Å². The van der Waals surface area contributed by atoms with Crippen molar-refractivity contribution in [3.8, 4) is 0 Å². The molecular formula is C18H16BrN5O3S. The number of amidine groups is 1. The highest BCUT2D eigenvalue weighted by Gasteiger charge is 2.30. The number of carbonyl (C=O) groups is 1. The minimum absolute atomic E-state index is 0.0262. The Kier molecular flexibility index (Phi) is 4.68. The molecule has 3 heterocycles. The van der Waals surface area contributed by atoms with Crippen molar-refractivity contribution < 1.29 is 13.2 Å². The number of benzene rings is 1. The number of fused-ring (bicyclic) bond motifs is 2. The van der Waals surface area contributed by atoms with Crippen molar-refractivity contribution in [2.45, 2.75) is 11.4 Å². The number of hydrogen-bond acceptors (Lipinski definition) is 5. The lowest BCUT2D eigenvalue weighted by Crippen LogP contribution is -2.38. The molecule has 1 aromatic carbocycles. The van der Waals surface area contributed by atoms with Gasteiger partial charge in [-0.1, -0.05) is 12.1 Å². The third-order valence-corrected chi connectivity index (χ3v) is 6.08. The predicted molar refractivity (Wildman–Crippen MR) is 108 cm³/mol. The SMILES string of the molecule is CN(CC(=O)NCc1cn2cc(Br)ccc2n1)C1=NS(=O)(=O)c2ccccc21. The first-order valence-corrected chi connectivity index (χ1v) is 10.6. The topological polar surface area (TPSA) is 96.1 Å². The summed E-state index contributed by atoms with van der Waals surface area (Å²) >= 11 is 3.40. The molecule has 28 heavy (non-hydrogen) atoms. The van der Waals surface area contributed by atoms with Gasteiger partial charge in [0.05, 0.1) is 18.8 Å². The Morgan fingerprint density at radius 1 is 1.21 bits per heavy atom. The normalized spacial score (nSPS) is 14.6. The molecule has 0 saturated carbocycles. The average molecular weight is 462 g/mol. The molecule has 144 valence electrons. The van der Waals surface area contributed by atoms with Gasteiger partial charge in [0.2, 0.25) is 5.91 Å². The predicted octanol–water partition coefficient (Wildman–Crippen LogP) is 1.79. The summed E-state index contributed by atoms with van der Waals surface area (Å²) in [5.74, 6) is 0.00791. The van der Waals surface area contributed by atoms with E-state index >= 15 is 0 Å². The van der Waals surface area contributed by atoms with Crippen molar-refractivity contribution in [1.29, 1.82) is 0 Å². The molecule has 1 N–H and O–H groups in total. The van der Waals surface area contributed by atoms with Gasteiger partial charge in [0.25, 0.3) is 10.0 Å². The quantitative estimate of drug-likeness (QED) is 0.638. The van der Waals surface area contributed by atoms with E-state index in [-0.39, 0.29) is 29.7 Å². The number of amides is 1. The number of imidazole rings is 1. The number of likely N-dealkylation sites (N-methyl/N-ethyl adjacent to an activating group) is 1. The van der Waals surface area contributed by atoms with Gasteiger partial charge in [-0.05, 0) is 40.2 Å². The van der Waals surface area contributed by atoms with Crippen LogP contribution in [0, 0.1) is 0 Å². The highest BCUT2D eigenvalue weighted by molar-refractivity contribution is 9.10. The average Bonchev–Trinajstić information content (AvgIpc) is 3.18. The summed E-state index contributed by atoms with van der Waals surface area (Å²) in [4.78, 5) is 18.5. The van der Waals surface area contributed by atoms with Gasteiger partial charge < -0.3 is 14.6 Å². The minimum Gasteiger partial charge on any atom is -0.349 e. The fraction of sp³-hybridized carbons (Fsp3) is 0.167. The first-order chi connectivity index (χ1) is 13.3. The maximum absolute atomic E-state index is 12.3. The van der Waals surface area contributed by atoms with Crippen molar-refractivity contribution in [2.24, 2.45) is 4.40 Å². The van der Waals surface area contributed by atoms with Gasteiger partial charge in [-0.15, -0.1) is 4.40 Å². The molecule has 8 nitrogen and oxygen atoms in total. The Balaban J connectivity index is 1.42. The number of halogens is 1. The number of carbonyl (C=O) groups excluding carboxylic acids is 1. The second-order valence-corrected chi connectivity index (χ2v) is 8.85. The van der Waals surface area contributed by atoms with E-state index in [9.17, 15) is 13.2 Å². The van der Waals surface area contributed by atoms with Crippen LogP contribution in [0.4, 0.5) is 0 Å². The Hall–Kier alpha value is -2.72. The molecule has 0 bridgehead atoms. The van der Waals surface area contributed by atoms with Crippen molar-refractivity contribution in [3.05, 3.63) is 64.5 Å². The van der Waals surface area contributed by atoms with Gasteiger partial charge in [-0.3, -0.25) is 4.79 Å². The van der Waals surface area contributed by atoms with E-state index in [1.54, 1.807) is 25.2 Å². The van der Waals surface area contributed by atoms with Crippen molar-refractivity contribution in [2.75, 3.05) is 13.6 Å². The summed E-state index contributed by atoms with van der Waals surface area (Å²) < 4.78 is 30.9. The van der Waals surface area contributed by atoms with Crippen LogP contribution >= 0.6 is 15.9 Å². The number of nitrogens with one attached hydrogen (secondary N) is 1. The third-order valence-electron chi connectivity index (χ3n) is 4.29. The molecule has 0 radical (unpaired) electrons. The van der Waals surface area contributed by atoms with Crippen molar-refractivity contribution in [3.63, 3.8) is 0 Å². The minimum atomic E-state index is -3.71. The van der Waals surface area contributed by atoms with Crippen LogP contribution in [0.15, 0.2) is 62.6 Å². The zero-order chi connectivity index (χ0) is 19.9. The molecule has 1 amide bonds. The number of aromatic nitrogens is 2. The van der Waals surface area contributed by atoms with E-state index < -0.39 is 10.0 Å². The van der Waals surface area contributed by atoms with E-state index in [1.807, 2.05) is 28.9 Å². The molecule has 0 atom stereocenters. The zero-order valence-corrected chi connectivity index (χ0v) is 17.2. The second kappa shape index (κ2) is 7.02. The van der Waals surface area contributed by atoms with E-state index in [0.29, 0.717) is 5.56 Å². The van der Waals surface area contributed by atoms with Gasteiger partial charge >= 0.3 is 0 Å². The molecule has 0 saturated heterocycles. The Morgan fingerprint density at radius 3 is 2.82 bits per heavy atom. The van der Waals surface area contributed by atoms with Crippen LogP contribution in [0.1, 0.15) is 11.3 Å². The monoisotopic (exact) mass is 461 g/mol. The molecule has 1 aliphatic heterocycles. The fourth-order valence-electron chi connectivity index (χ4n) is 3.00. The first-order valence-electron chi connectivity index (χ1n) is 8.39. The Bertz CT molecular complexity index is 1220. The number of sulfonamides is 1. The molecule has 1 aliphatic rings.